The van der Waals surface area contributed by atoms with Crippen molar-refractivity contribution in [2.75, 3.05) is 11.5 Å². The molecule has 2 amide bonds. The Hall–Kier alpha value is -2.75. The van der Waals surface area contributed by atoms with E-state index in [1.807, 2.05) is 6.92 Å². The van der Waals surface area contributed by atoms with Gasteiger partial charge in [0.1, 0.15) is 0 Å². The lowest BCUT2D eigenvalue weighted by Crippen LogP contribution is -2.09. The van der Waals surface area contributed by atoms with Gasteiger partial charge < -0.3 is 10.2 Å². The Morgan fingerprint density at radius 3 is 2.55 bits per heavy atom. The Labute approximate surface area is 168 Å². The lowest BCUT2D eigenvalue weighted by atomic mass is 10.1. The molecule has 2 aromatic rings. The van der Waals surface area contributed by atoms with Gasteiger partial charge in [-0.15, -0.1) is 10.2 Å². The minimum absolute atomic E-state index is 0.0450. The van der Waals surface area contributed by atoms with Gasteiger partial charge in [-0.2, -0.15) is 0 Å². The van der Waals surface area contributed by atoms with Crippen molar-refractivity contribution in [3.05, 3.63) is 23.8 Å². The fourth-order valence-corrected chi connectivity index (χ4v) is 5.32. The van der Waals surface area contributed by atoms with Gasteiger partial charge >= 0.3 is 0 Å². The van der Waals surface area contributed by atoms with Gasteiger partial charge in [0, 0.05) is 29.3 Å². The third kappa shape index (κ3) is 4.64. The zero-order valence-corrected chi connectivity index (χ0v) is 16.9. The second kappa shape index (κ2) is 8.32. The van der Waals surface area contributed by atoms with Crippen LogP contribution in [-0.2, 0) is 21.2 Å². The lowest BCUT2D eigenvalue weighted by Gasteiger charge is -2.04. The third-order valence-electron chi connectivity index (χ3n) is 5.04. The number of aromatic hydroxyl groups is 2. The van der Waals surface area contributed by atoms with E-state index in [9.17, 15) is 28.2 Å². The molecule has 2 heterocycles. The molecule has 3 rings (SSSR count). The molecular formula is C19H23N3O6S. The van der Waals surface area contributed by atoms with Crippen LogP contribution >= 0.6 is 0 Å². The van der Waals surface area contributed by atoms with Gasteiger partial charge in [0.15, 0.2) is 9.84 Å². The molecule has 1 saturated heterocycles. The molecule has 0 spiro atoms. The molecular weight excluding hydrogens is 398 g/mol. The largest absolute Gasteiger partial charge is 0.494 e. The molecule has 1 atom stereocenters. The number of sulfone groups is 1. The quantitative estimate of drug-likeness (QED) is 0.688. The van der Waals surface area contributed by atoms with E-state index in [-0.39, 0.29) is 41.2 Å². The van der Waals surface area contributed by atoms with E-state index in [2.05, 4.69) is 10.2 Å². The molecule has 0 bridgehead atoms. The zero-order chi connectivity index (χ0) is 21.2. The smallest absolute Gasteiger partial charge is 0.295 e. The van der Waals surface area contributed by atoms with E-state index < -0.39 is 21.7 Å². The Bertz CT molecular complexity index is 1090. The van der Waals surface area contributed by atoms with Crippen LogP contribution < -0.4 is 0 Å². The van der Waals surface area contributed by atoms with Crippen LogP contribution in [0.5, 0.6) is 11.8 Å². The fraction of sp³-hybridized carbons (Fsp3) is 0.474. The van der Waals surface area contributed by atoms with Crippen LogP contribution in [0.3, 0.4) is 0 Å². The summed E-state index contributed by atoms with van der Waals surface area (Å²) in [7, 11) is -3.09. The first kappa shape index (κ1) is 21.0. The third-order valence-corrected chi connectivity index (χ3v) is 6.87. The highest BCUT2D eigenvalue weighted by Gasteiger charge is 2.29. The number of hydrogen-bond donors (Lipinski definition) is 2. The first-order chi connectivity index (χ1) is 13.7. The molecule has 1 aromatic heterocycles. The summed E-state index contributed by atoms with van der Waals surface area (Å²) in [5, 5.41) is 28.2. The van der Waals surface area contributed by atoms with Crippen LogP contribution in [0.2, 0.25) is 0 Å². The molecule has 9 nitrogen and oxygen atoms in total. The van der Waals surface area contributed by atoms with Crippen LogP contribution in [0.4, 0.5) is 0 Å². The van der Waals surface area contributed by atoms with Crippen molar-refractivity contribution in [2.45, 2.75) is 39.2 Å². The summed E-state index contributed by atoms with van der Waals surface area (Å²) in [5.41, 5.74) is 0.112. The van der Waals surface area contributed by atoms with Crippen molar-refractivity contribution in [1.29, 1.82) is 0 Å². The van der Waals surface area contributed by atoms with Crippen molar-refractivity contribution >= 4 is 32.4 Å². The minimum atomic E-state index is -3.09. The normalized spacial score (nSPS) is 18.6. The van der Waals surface area contributed by atoms with E-state index in [4.69, 9.17) is 0 Å². The summed E-state index contributed by atoms with van der Waals surface area (Å²) in [6.07, 6.45) is 2.00. The first-order valence-electron chi connectivity index (χ1n) is 9.45. The molecule has 1 aliphatic heterocycles. The number of hydrogen-bond acceptors (Lipinski definition) is 6. The van der Waals surface area contributed by atoms with Crippen LogP contribution in [0.25, 0.3) is 10.8 Å². The number of azo groups is 1. The molecule has 10 heteroatoms. The monoisotopic (exact) mass is 421 g/mol. The average molecular weight is 421 g/mol. The van der Waals surface area contributed by atoms with E-state index in [0.717, 1.165) is 12.8 Å². The predicted molar refractivity (Wildman–Crippen MR) is 106 cm³/mol. The summed E-state index contributed by atoms with van der Waals surface area (Å²) >= 11 is 0. The maximum atomic E-state index is 12.2. The summed E-state index contributed by atoms with van der Waals surface area (Å²) < 4.78 is 24.2. The number of benzene rings is 1. The van der Waals surface area contributed by atoms with Gasteiger partial charge in [-0.3, -0.25) is 14.2 Å². The molecule has 2 N–H and O–H groups in total. The highest BCUT2D eigenvalue weighted by Crippen LogP contribution is 2.37. The molecule has 156 valence electrons. The summed E-state index contributed by atoms with van der Waals surface area (Å²) in [5.74, 6) is -1.90. The Morgan fingerprint density at radius 1 is 1.17 bits per heavy atom. The second-order valence-corrected chi connectivity index (χ2v) is 9.51. The minimum Gasteiger partial charge on any atom is -0.494 e. The van der Waals surface area contributed by atoms with E-state index in [0.29, 0.717) is 23.7 Å². The number of amides is 2. The van der Waals surface area contributed by atoms with Gasteiger partial charge in [0.05, 0.1) is 11.5 Å². The van der Waals surface area contributed by atoms with E-state index in [1.54, 1.807) is 0 Å². The average Bonchev–Trinajstić information content (AvgIpc) is 3.14. The number of rotatable bonds is 6. The number of unbranched alkanes of at least 4 members (excludes halogenated alkanes) is 1. The predicted octanol–water partition coefficient (Wildman–Crippen LogP) is 2.80. The topological polar surface area (TPSA) is 138 Å². The van der Waals surface area contributed by atoms with Crippen molar-refractivity contribution in [2.24, 2.45) is 16.1 Å². The molecule has 1 aliphatic rings. The van der Waals surface area contributed by atoms with Gasteiger partial charge in [0.2, 0.25) is 11.8 Å². The standard InChI is InChI=1S/C19H23N3O6S/c1-2-3-7-22-18(25)14-5-4-13(10-15(14)19(22)26)17(24)21-20-16(23)9-12-6-8-29(27,28)11-12/h4-5,10,12,25-26H,2-3,6-9,11H2,1H3. The highest BCUT2D eigenvalue weighted by molar-refractivity contribution is 7.91. The summed E-state index contributed by atoms with van der Waals surface area (Å²) in [6.45, 7) is 2.43. The van der Waals surface area contributed by atoms with Gasteiger partial charge in [-0.1, -0.05) is 13.3 Å². The van der Waals surface area contributed by atoms with Gasteiger partial charge in [0.25, 0.3) is 11.8 Å². The lowest BCUT2D eigenvalue weighted by molar-refractivity contribution is -0.119. The molecule has 0 aliphatic carbocycles. The first-order valence-corrected chi connectivity index (χ1v) is 11.3. The van der Waals surface area contributed by atoms with Crippen molar-refractivity contribution in [3.8, 4) is 11.8 Å². The van der Waals surface area contributed by atoms with Crippen LogP contribution in [0.15, 0.2) is 28.4 Å². The molecule has 0 radical (unpaired) electrons. The molecule has 29 heavy (non-hydrogen) atoms. The zero-order valence-electron chi connectivity index (χ0n) is 16.0. The Kier molecular flexibility index (Phi) is 6.02. The van der Waals surface area contributed by atoms with Crippen LogP contribution in [-0.4, -0.2) is 46.5 Å². The molecule has 1 fully saturated rings. The van der Waals surface area contributed by atoms with Crippen LogP contribution in [0, 0.1) is 5.92 Å². The number of nitrogens with zero attached hydrogens (tertiary/aromatic N) is 3. The van der Waals surface area contributed by atoms with E-state index in [1.165, 1.54) is 22.8 Å². The van der Waals surface area contributed by atoms with E-state index >= 15 is 0 Å². The van der Waals surface area contributed by atoms with Gasteiger partial charge in [-0.25, -0.2) is 8.42 Å². The maximum Gasteiger partial charge on any atom is 0.295 e. The van der Waals surface area contributed by atoms with Crippen molar-refractivity contribution < 1.29 is 28.2 Å². The molecule has 1 aromatic carbocycles. The SMILES string of the molecule is CCCCn1c(O)c2ccc(C(=O)N=NC(=O)CC3CCS(=O)(=O)C3)cc2c1O. The van der Waals surface area contributed by atoms with Crippen molar-refractivity contribution in [1.82, 2.24) is 4.57 Å². The fourth-order valence-electron chi connectivity index (χ4n) is 3.46. The molecule has 1 unspecified atom stereocenters. The highest BCUT2D eigenvalue weighted by atomic mass is 32.2. The number of carbonyl (C=O) groups is 2. The second-order valence-electron chi connectivity index (χ2n) is 7.28. The number of aromatic nitrogens is 1. The summed E-state index contributed by atoms with van der Waals surface area (Å²) in [6, 6.07) is 4.32. The van der Waals surface area contributed by atoms with Gasteiger partial charge in [-0.05, 0) is 37.0 Å². The van der Waals surface area contributed by atoms with Crippen LogP contribution in [0.1, 0.15) is 43.0 Å². The Morgan fingerprint density at radius 2 is 1.90 bits per heavy atom. The maximum absolute atomic E-state index is 12.2. The number of fused-ring (bicyclic) bond motifs is 1. The Balaban J connectivity index is 1.72. The summed E-state index contributed by atoms with van der Waals surface area (Å²) in [4.78, 5) is 24.1. The molecule has 0 saturated carbocycles. The number of carbonyl (C=O) groups excluding carboxylic acids is 2. The van der Waals surface area contributed by atoms with Crippen molar-refractivity contribution in [3.63, 3.8) is 0 Å².